The molecule has 1 fully saturated rings. The molecule has 0 bridgehead atoms. The smallest absolute Gasteiger partial charge is 0.229 e. The van der Waals surface area contributed by atoms with Crippen LogP contribution in [0, 0.1) is 5.92 Å². The number of benzene rings is 1. The summed E-state index contributed by atoms with van der Waals surface area (Å²) in [6, 6.07) is 4.87. The van der Waals surface area contributed by atoms with E-state index in [1.807, 2.05) is 13.2 Å². The molecule has 27 heavy (non-hydrogen) atoms. The topological polar surface area (TPSA) is 85.7 Å². The van der Waals surface area contributed by atoms with Gasteiger partial charge in [0.1, 0.15) is 0 Å². The third-order valence-electron chi connectivity index (χ3n) is 4.92. The number of carbonyl (C=O) groups is 2. The molecule has 2 heterocycles. The van der Waals surface area contributed by atoms with Gasteiger partial charge in [-0.2, -0.15) is 5.10 Å². The number of hydrogen-bond donors (Lipinski definition) is 1. The first-order valence-electron chi connectivity index (χ1n) is 8.71. The highest BCUT2D eigenvalue weighted by Crippen LogP contribution is 2.37. The van der Waals surface area contributed by atoms with E-state index >= 15 is 0 Å². The van der Waals surface area contributed by atoms with Crippen LogP contribution in [0.1, 0.15) is 24.4 Å². The highest BCUT2D eigenvalue weighted by Gasteiger charge is 2.39. The third-order valence-corrected chi connectivity index (χ3v) is 4.92. The lowest BCUT2D eigenvalue weighted by molar-refractivity contribution is -0.140. The van der Waals surface area contributed by atoms with Gasteiger partial charge in [0.25, 0.3) is 0 Å². The van der Waals surface area contributed by atoms with Gasteiger partial charge in [-0.1, -0.05) is 0 Å². The molecule has 1 aromatic carbocycles. The van der Waals surface area contributed by atoms with Crippen LogP contribution in [0.4, 0.5) is 5.69 Å². The first-order chi connectivity index (χ1) is 12.9. The highest BCUT2D eigenvalue weighted by atomic mass is 16.5. The number of amides is 2. The van der Waals surface area contributed by atoms with E-state index in [-0.39, 0.29) is 23.8 Å². The summed E-state index contributed by atoms with van der Waals surface area (Å²) in [5.74, 6) is 0.640. The maximum atomic E-state index is 13.0. The number of ether oxygens (including phenoxy) is 2. The van der Waals surface area contributed by atoms with Crippen LogP contribution in [0.15, 0.2) is 30.6 Å². The molecule has 0 spiro atoms. The van der Waals surface area contributed by atoms with Crippen LogP contribution < -0.4 is 14.8 Å². The maximum Gasteiger partial charge on any atom is 0.229 e. The monoisotopic (exact) mass is 372 g/mol. The van der Waals surface area contributed by atoms with E-state index in [1.165, 1.54) is 0 Å². The Morgan fingerprint density at radius 2 is 1.96 bits per heavy atom. The number of anilines is 1. The summed E-state index contributed by atoms with van der Waals surface area (Å²) in [6.07, 6.45) is 4.38. The molecule has 144 valence electrons. The van der Waals surface area contributed by atoms with Crippen molar-refractivity contribution in [2.24, 2.45) is 13.0 Å². The number of methoxy groups -OCH3 is 2. The minimum atomic E-state index is -0.370. The van der Waals surface area contributed by atoms with Crippen molar-refractivity contribution in [1.29, 1.82) is 0 Å². The average Bonchev–Trinajstić information content (AvgIpc) is 3.09. The van der Waals surface area contributed by atoms with Crippen molar-refractivity contribution >= 4 is 17.5 Å². The van der Waals surface area contributed by atoms with E-state index in [0.717, 1.165) is 5.56 Å². The van der Waals surface area contributed by atoms with Crippen molar-refractivity contribution in [3.8, 4) is 11.5 Å². The van der Waals surface area contributed by atoms with E-state index in [0.29, 0.717) is 30.0 Å². The van der Waals surface area contributed by atoms with Gasteiger partial charge in [-0.3, -0.25) is 14.3 Å². The number of nitrogens with zero attached hydrogens (tertiary/aromatic N) is 3. The van der Waals surface area contributed by atoms with Crippen molar-refractivity contribution < 1.29 is 19.1 Å². The van der Waals surface area contributed by atoms with Crippen LogP contribution in [-0.2, 0) is 16.6 Å². The molecule has 0 saturated carbocycles. The number of hydrogen-bond acceptors (Lipinski definition) is 5. The molecule has 2 amide bonds. The van der Waals surface area contributed by atoms with Crippen molar-refractivity contribution in [3.63, 3.8) is 0 Å². The SMILES string of the molecule is COc1ccc(NC(=O)C2CCC(=O)N(C)C2c2cnn(C)c2)cc1OC. The van der Waals surface area contributed by atoms with Gasteiger partial charge in [0, 0.05) is 44.0 Å². The molecule has 8 heteroatoms. The second-order valence-electron chi connectivity index (χ2n) is 6.60. The highest BCUT2D eigenvalue weighted by molar-refractivity contribution is 5.95. The Labute approximate surface area is 158 Å². The summed E-state index contributed by atoms with van der Waals surface area (Å²) in [4.78, 5) is 26.9. The van der Waals surface area contributed by atoms with E-state index in [1.54, 1.807) is 55.2 Å². The van der Waals surface area contributed by atoms with E-state index in [4.69, 9.17) is 9.47 Å². The fourth-order valence-corrected chi connectivity index (χ4v) is 3.51. The molecule has 3 rings (SSSR count). The van der Waals surface area contributed by atoms with Gasteiger partial charge in [-0.25, -0.2) is 0 Å². The van der Waals surface area contributed by atoms with E-state index in [9.17, 15) is 9.59 Å². The Balaban J connectivity index is 1.84. The zero-order valence-corrected chi connectivity index (χ0v) is 15.9. The Bertz CT molecular complexity index is 848. The molecule has 0 aliphatic carbocycles. The molecule has 1 aromatic heterocycles. The second-order valence-corrected chi connectivity index (χ2v) is 6.60. The minimum Gasteiger partial charge on any atom is -0.493 e. The van der Waals surface area contributed by atoms with Gasteiger partial charge in [0.2, 0.25) is 11.8 Å². The molecule has 0 radical (unpaired) electrons. The normalized spacial score (nSPS) is 19.7. The summed E-state index contributed by atoms with van der Waals surface area (Å²) in [5, 5.41) is 7.13. The van der Waals surface area contributed by atoms with Crippen LogP contribution >= 0.6 is 0 Å². The van der Waals surface area contributed by atoms with Gasteiger partial charge < -0.3 is 19.7 Å². The second kappa shape index (κ2) is 7.69. The van der Waals surface area contributed by atoms with Gasteiger partial charge in [-0.15, -0.1) is 0 Å². The lowest BCUT2D eigenvalue weighted by Crippen LogP contribution is -2.44. The lowest BCUT2D eigenvalue weighted by Gasteiger charge is -2.37. The molecule has 1 saturated heterocycles. The van der Waals surface area contributed by atoms with Crippen LogP contribution in [0.3, 0.4) is 0 Å². The molecular weight excluding hydrogens is 348 g/mol. The number of carbonyl (C=O) groups excluding carboxylic acids is 2. The van der Waals surface area contributed by atoms with Gasteiger partial charge in [-0.05, 0) is 18.6 Å². The molecular formula is C19H24N4O4. The first kappa shape index (κ1) is 18.8. The molecule has 8 nitrogen and oxygen atoms in total. The molecule has 1 aliphatic rings. The molecule has 1 aliphatic heterocycles. The largest absolute Gasteiger partial charge is 0.493 e. The van der Waals surface area contributed by atoms with E-state index in [2.05, 4.69) is 10.4 Å². The fraction of sp³-hybridized carbons (Fsp3) is 0.421. The van der Waals surface area contributed by atoms with Gasteiger partial charge in [0.15, 0.2) is 11.5 Å². The molecule has 2 aromatic rings. The molecule has 2 atom stereocenters. The van der Waals surface area contributed by atoms with E-state index < -0.39 is 0 Å². The number of aryl methyl sites for hydroxylation is 1. The van der Waals surface area contributed by atoms with Crippen LogP contribution in [-0.4, -0.2) is 47.8 Å². The Morgan fingerprint density at radius 3 is 2.59 bits per heavy atom. The fourth-order valence-electron chi connectivity index (χ4n) is 3.51. The lowest BCUT2D eigenvalue weighted by atomic mass is 9.85. The first-order valence-corrected chi connectivity index (χ1v) is 8.71. The van der Waals surface area contributed by atoms with Crippen molar-refractivity contribution in [1.82, 2.24) is 14.7 Å². The minimum absolute atomic E-state index is 0.0269. The summed E-state index contributed by atoms with van der Waals surface area (Å²) in [5.41, 5.74) is 1.46. The van der Waals surface area contributed by atoms with Gasteiger partial charge >= 0.3 is 0 Å². The summed E-state index contributed by atoms with van der Waals surface area (Å²) in [6.45, 7) is 0. The number of piperidine rings is 1. The van der Waals surface area contributed by atoms with Crippen molar-refractivity contribution in [2.75, 3.05) is 26.6 Å². The zero-order chi connectivity index (χ0) is 19.6. The Hall–Kier alpha value is -3.03. The third kappa shape index (κ3) is 3.74. The van der Waals surface area contributed by atoms with Crippen molar-refractivity contribution in [2.45, 2.75) is 18.9 Å². The van der Waals surface area contributed by atoms with Crippen LogP contribution in [0.25, 0.3) is 0 Å². The Kier molecular flexibility index (Phi) is 5.34. The predicted octanol–water partition coefficient (Wildman–Crippen LogP) is 1.99. The van der Waals surface area contributed by atoms with Crippen LogP contribution in [0.2, 0.25) is 0 Å². The Morgan fingerprint density at radius 1 is 1.22 bits per heavy atom. The molecule has 1 N–H and O–H groups in total. The number of rotatable bonds is 5. The van der Waals surface area contributed by atoms with Gasteiger partial charge in [0.05, 0.1) is 32.4 Å². The number of likely N-dealkylation sites (tertiary alicyclic amines) is 1. The summed E-state index contributed by atoms with van der Waals surface area (Å²) in [7, 11) is 6.65. The summed E-state index contributed by atoms with van der Waals surface area (Å²) < 4.78 is 12.2. The standard InChI is InChI=1S/C19H24N4O4/c1-22-11-12(10-20-22)18-14(6-8-17(24)23(18)2)19(25)21-13-5-7-15(26-3)16(9-13)27-4/h5,7,9-11,14,18H,6,8H2,1-4H3,(H,21,25). The van der Waals surface area contributed by atoms with Crippen molar-refractivity contribution in [3.05, 3.63) is 36.2 Å². The van der Waals surface area contributed by atoms with Crippen LogP contribution in [0.5, 0.6) is 11.5 Å². The average molecular weight is 372 g/mol. The zero-order valence-electron chi connectivity index (χ0n) is 15.9. The maximum absolute atomic E-state index is 13.0. The number of aromatic nitrogens is 2. The predicted molar refractivity (Wildman–Crippen MR) is 99.6 cm³/mol. The number of nitrogens with one attached hydrogen (secondary N) is 1. The summed E-state index contributed by atoms with van der Waals surface area (Å²) >= 11 is 0. The molecule has 2 unspecified atom stereocenters. The quantitative estimate of drug-likeness (QED) is 0.867.